The third kappa shape index (κ3) is 4.59. The Morgan fingerprint density at radius 3 is 2.78 bits per heavy atom. The SMILES string of the molecule is CC(C)(CCO)CNC(=O)c1cc(Cl)ccc1Br. The van der Waals surface area contributed by atoms with Gasteiger partial charge in [0.25, 0.3) is 5.91 Å². The Labute approximate surface area is 121 Å². The van der Waals surface area contributed by atoms with Crippen LogP contribution >= 0.6 is 27.5 Å². The number of carbonyl (C=O) groups is 1. The molecule has 2 N–H and O–H groups in total. The Bertz CT molecular complexity index is 435. The number of carbonyl (C=O) groups excluding carboxylic acids is 1. The average molecular weight is 335 g/mol. The maximum atomic E-state index is 12.0. The van der Waals surface area contributed by atoms with Gasteiger partial charge in [-0.05, 0) is 46.0 Å². The number of hydrogen-bond acceptors (Lipinski definition) is 2. The lowest BCUT2D eigenvalue weighted by Gasteiger charge is -2.24. The minimum atomic E-state index is -0.171. The molecule has 0 saturated carbocycles. The van der Waals surface area contributed by atoms with Gasteiger partial charge < -0.3 is 10.4 Å². The van der Waals surface area contributed by atoms with Gasteiger partial charge in [-0.15, -0.1) is 0 Å². The highest BCUT2D eigenvalue weighted by molar-refractivity contribution is 9.10. The van der Waals surface area contributed by atoms with Crippen molar-refractivity contribution >= 4 is 33.4 Å². The van der Waals surface area contributed by atoms with Crippen molar-refractivity contribution in [3.63, 3.8) is 0 Å². The fourth-order valence-electron chi connectivity index (χ4n) is 1.48. The van der Waals surface area contributed by atoms with Crippen LogP contribution in [0.1, 0.15) is 30.6 Å². The van der Waals surface area contributed by atoms with E-state index in [4.69, 9.17) is 16.7 Å². The minimum Gasteiger partial charge on any atom is -0.396 e. The first-order valence-electron chi connectivity index (χ1n) is 5.70. The molecule has 1 rings (SSSR count). The van der Waals surface area contributed by atoms with Gasteiger partial charge in [-0.25, -0.2) is 0 Å². The molecule has 0 fully saturated rings. The van der Waals surface area contributed by atoms with Crippen LogP contribution in [0.5, 0.6) is 0 Å². The maximum Gasteiger partial charge on any atom is 0.252 e. The van der Waals surface area contributed by atoms with E-state index >= 15 is 0 Å². The van der Waals surface area contributed by atoms with E-state index < -0.39 is 0 Å². The summed E-state index contributed by atoms with van der Waals surface area (Å²) in [5.41, 5.74) is 0.387. The third-order valence-corrected chi connectivity index (χ3v) is 3.62. The van der Waals surface area contributed by atoms with Crippen LogP contribution in [0.25, 0.3) is 0 Å². The Hall–Kier alpha value is -0.580. The highest BCUT2D eigenvalue weighted by atomic mass is 79.9. The first kappa shape index (κ1) is 15.5. The number of halogens is 2. The second-order valence-electron chi connectivity index (χ2n) is 4.94. The molecule has 18 heavy (non-hydrogen) atoms. The van der Waals surface area contributed by atoms with E-state index in [0.717, 1.165) is 0 Å². The number of aliphatic hydroxyl groups excluding tert-OH is 1. The molecule has 0 spiro atoms. The van der Waals surface area contributed by atoms with Crippen molar-refractivity contribution in [3.05, 3.63) is 33.3 Å². The number of amides is 1. The summed E-state index contributed by atoms with van der Waals surface area (Å²) in [6, 6.07) is 5.09. The molecule has 100 valence electrons. The second-order valence-corrected chi connectivity index (χ2v) is 6.24. The molecule has 0 radical (unpaired) electrons. The Morgan fingerprint density at radius 2 is 2.17 bits per heavy atom. The van der Waals surface area contributed by atoms with E-state index in [1.54, 1.807) is 18.2 Å². The summed E-state index contributed by atoms with van der Waals surface area (Å²) in [7, 11) is 0. The topological polar surface area (TPSA) is 49.3 Å². The fourth-order valence-corrected chi connectivity index (χ4v) is 2.08. The van der Waals surface area contributed by atoms with Crippen LogP contribution in [0.4, 0.5) is 0 Å². The van der Waals surface area contributed by atoms with Gasteiger partial charge in [0.15, 0.2) is 0 Å². The lowest BCUT2D eigenvalue weighted by Crippen LogP contribution is -2.34. The number of hydrogen-bond donors (Lipinski definition) is 2. The number of nitrogens with one attached hydrogen (secondary N) is 1. The Morgan fingerprint density at radius 1 is 1.50 bits per heavy atom. The normalized spacial score (nSPS) is 11.4. The molecule has 1 aromatic carbocycles. The standard InChI is InChI=1S/C13H17BrClNO2/c1-13(2,5-6-17)8-16-12(18)10-7-9(15)3-4-11(10)14/h3-4,7,17H,5-6,8H2,1-2H3,(H,16,18). The van der Waals surface area contributed by atoms with Gasteiger partial charge in [-0.1, -0.05) is 25.4 Å². The monoisotopic (exact) mass is 333 g/mol. The van der Waals surface area contributed by atoms with Crippen LogP contribution in [-0.4, -0.2) is 24.2 Å². The molecule has 0 heterocycles. The van der Waals surface area contributed by atoms with Crippen LogP contribution in [0.3, 0.4) is 0 Å². The van der Waals surface area contributed by atoms with Gasteiger partial charge >= 0.3 is 0 Å². The molecular weight excluding hydrogens is 318 g/mol. The van der Waals surface area contributed by atoms with Crippen LogP contribution in [0.15, 0.2) is 22.7 Å². The van der Waals surface area contributed by atoms with Crippen molar-refractivity contribution in [2.45, 2.75) is 20.3 Å². The molecule has 0 aliphatic heterocycles. The summed E-state index contributed by atoms with van der Waals surface area (Å²) in [5, 5.41) is 12.3. The van der Waals surface area contributed by atoms with Crippen molar-refractivity contribution in [1.29, 1.82) is 0 Å². The highest BCUT2D eigenvalue weighted by Gasteiger charge is 2.19. The van der Waals surface area contributed by atoms with E-state index in [1.165, 1.54) is 0 Å². The summed E-state index contributed by atoms with van der Waals surface area (Å²) in [5.74, 6) is -0.171. The fraction of sp³-hybridized carbons (Fsp3) is 0.462. The molecular formula is C13H17BrClNO2. The molecule has 0 aliphatic carbocycles. The van der Waals surface area contributed by atoms with Gasteiger partial charge in [0.1, 0.15) is 0 Å². The van der Waals surface area contributed by atoms with Gasteiger partial charge in [0.05, 0.1) is 5.56 Å². The van der Waals surface area contributed by atoms with Gasteiger partial charge in [-0.2, -0.15) is 0 Å². The highest BCUT2D eigenvalue weighted by Crippen LogP contribution is 2.22. The number of rotatable bonds is 5. The van der Waals surface area contributed by atoms with Crippen molar-refractivity contribution < 1.29 is 9.90 Å². The van der Waals surface area contributed by atoms with Gasteiger partial charge in [-0.3, -0.25) is 4.79 Å². The largest absolute Gasteiger partial charge is 0.396 e. The molecule has 5 heteroatoms. The van der Waals surface area contributed by atoms with Crippen molar-refractivity contribution in [2.75, 3.05) is 13.2 Å². The molecule has 1 aromatic rings. The third-order valence-electron chi connectivity index (χ3n) is 2.69. The molecule has 3 nitrogen and oxygen atoms in total. The quantitative estimate of drug-likeness (QED) is 0.868. The van der Waals surface area contributed by atoms with E-state index in [1.807, 2.05) is 13.8 Å². The summed E-state index contributed by atoms with van der Waals surface area (Å²) >= 11 is 9.19. The summed E-state index contributed by atoms with van der Waals surface area (Å²) in [6.07, 6.45) is 0.643. The lowest BCUT2D eigenvalue weighted by molar-refractivity contribution is 0.0927. The van der Waals surface area contributed by atoms with Crippen LogP contribution in [-0.2, 0) is 0 Å². The molecule has 0 bridgehead atoms. The second kappa shape index (κ2) is 6.55. The van der Waals surface area contributed by atoms with Crippen LogP contribution in [0, 0.1) is 5.41 Å². The average Bonchev–Trinajstić information content (AvgIpc) is 2.29. The summed E-state index contributed by atoms with van der Waals surface area (Å²) in [6.45, 7) is 4.61. The Kier molecular flexibility index (Phi) is 5.63. The predicted molar refractivity (Wildman–Crippen MR) is 77.0 cm³/mol. The molecule has 0 saturated heterocycles. The molecule has 0 atom stereocenters. The molecule has 0 unspecified atom stereocenters. The van der Waals surface area contributed by atoms with E-state index in [9.17, 15) is 4.79 Å². The first-order chi connectivity index (χ1) is 8.35. The number of aliphatic hydroxyl groups is 1. The van der Waals surface area contributed by atoms with E-state index in [-0.39, 0.29) is 17.9 Å². The predicted octanol–water partition coefficient (Wildman–Crippen LogP) is 3.24. The van der Waals surface area contributed by atoms with Crippen LogP contribution < -0.4 is 5.32 Å². The Balaban J connectivity index is 2.69. The van der Waals surface area contributed by atoms with E-state index in [0.29, 0.717) is 28.0 Å². The smallest absolute Gasteiger partial charge is 0.252 e. The lowest BCUT2D eigenvalue weighted by atomic mass is 9.89. The van der Waals surface area contributed by atoms with Crippen molar-refractivity contribution in [2.24, 2.45) is 5.41 Å². The number of benzene rings is 1. The minimum absolute atomic E-state index is 0.115. The summed E-state index contributed by atoms with van der Waals surface area (Å²) < 4.78 is 0.712. The zero-order chi connectivity index (χ0) is 13.8. The molecule has 0 aliphatic rings. The maximum absolute atomic E-state index is 12.0. The van der Waals surface area contributed by atoms with E-state index in [2.05, 4.69) is 21.2 Å². The van der Waals surface area contributed by atoms with Crippen molar-refractivity contribution in [3.8, 4) is 0 Å². The van der Waals surface area contributed by atoms with Crippen molar-refractivity contribution in [1.82, 2.24) is 5.32 Å². The molecule has 0 aromatic heterocycles. The zero-order valence-corrected chi connectivity index (χ0v) is 12.8. The van der Waals surface area contributed by atoms with Gasteiger partial charge in [0.2, 0.25) is 0 Å². The van der Waals surface area contributed by atoms with Gasteiger partial charge in [0, 0.05) is 22.6 Å². The van der Waals surface area contributed by atoms with Crippen LogP contribution in [0.2, 0.25) is 5.02 Å². The zero-order valence-electron chi connectivity index (χ0n) is 10.5. The molecule has 1 amide bonds. The first-order valence-corrected chi connectivity index (χ1v) is 6.87. The summed E-state index contributed by atoms with van der Waals surface area (Å²) in [4.78, 5) is 12.0.